The molecule has 3 rings (SSSR count). The maximum Gasteiger partial charge on any atom is 0.0785 e. The highest BCUT2D eigenvalue weighted by Gasteiger charge is 2.03. The summed E-state index contributed by atoms with van der Waals surface area (Å²) in [4.78, 5) is 0. The molecule has 158 valence electrons. The third-order valence-corrected chi connectivity index (χ3v) is 4.23. The van der Waals surface area contributed by atoms with Gasteiger partial charge < -0.3 is 0 Å². The van der Waals surface area contributed by atoms with Crippen LogP contribution in [0.1, 0.15) is 34.8 Å². The van der Waals surface area contributed by atoms with Crippen molar-refractivity contribution in [3.63, 3.8) is 0 Å². The first-order valence-corrected chi connectivity index (χ1v) is 9.16. The van der Waals surface area contributed by atoms with Gasteiger partial charge in [0.2, 0.25) is 0 Å². The van der Waals surface area contributed by atoms with E-state index in [0.717, 1.165) is 12.0 Å². The molecule has 0 spiro atoms. The van der Waals surface area contributed by atoms with Gasteiger partial charge in [-0.1, -0.05) is 90.5 Å². The van der Waals surface area contributed by atoms with Gasteiger partial charge in [0, 0.05) is 1.43 Å². The molecule has 0 unspecified atom stereocenters. The summed E-state index contributed by atoms with van der Waals surface area (Å²) in [6.45, 7) is 8.47. The van der Waals surface area contributed by atoms with E-state index in [1.54, 1.807) is 0 Å². The lowest BCUT2D eigenvalue weighted by Gasteiger charge is -2.09. The van der Waals surface area contributed by atoms with Crippen LogP contribution in [-0.2, 0) is 6.42 Å². The van der Waals surface area contributed by atoms with Crippen LogP contribution >= 0.6 is 0 Å². The number of hydrogen-bond donors (Lipinski definition) is 0. The zero-order valence-electron chi connectivity index (χ0n) is 18.0. The second-order valence-electron chi connectivity index (χ2n) is 6.20. The molecule has 0 bridgehead atoms. The van der Waals surface area contributed by atoms with Crippen molar-refractivity contribution in [2.24, 2.45) is 0 Å². The van der Waals surface area contributed by atoms with Crippen LogP contribution in [0.4, 0.5) is 13.2 Å². The Morgan fingerprint density at radius 1 is 0.586 bits per heavy atom. The Hall–Kier alpha value is -2.81. The van der Waals surface area contributed by atoms with Crippen LogP contribution in [0.25, 0.3) is 5.57 Å². The molecular formula is C26H33F3. The second-order valence-corrected chi connectivity index (χ2v) is 6.20. The van der Waals surface area contributed by atoms with Gasteiger partial charge in [0.05, 0.1) is 21.5 Å². The number of benzene rings is 3. The number of rotatable bonds is 4. The van der Waals surface area contributed by atoms with Gasteiger partial charge in [-0.05, 0) is 48.1 Å². The van der Waals surface area contributed by atoms with Gasteiger partial charge in [0.25, 0.3) is 0 Å². The van der Waals surface area contributed by atoms with E-state index in [9.17, 15) is 13.2 Å². The lowest BCUT2D eigenvalue weighted by atomic mass is 9.96. The minimum atomic E-state index is 0. The predicted molar refractivity (Wildman–Crippen MR) is 123 cm³/mol. The Morgan fingerprint density at radius 2 is 0.862 bits per heavy atom. The molecule has 0 atom stereocenters. The van der Waals surface area contributed by atoms with Crippen molar-refractivity contribution < 1.29 is 14.6 Å². The van der Waals surface area contributed by atoms with Crippen molar-refractivity contribution in [1.29, 1.82) is 0 Å². The summed E-state index contributed by atoms with van der Waals surface area (Å²) in [5.74, 6) is 0. The monoisotopic (exact) mass is 402 g/mol. The molecule has 0 radical (unpaired) electrons. The van der Waals surface area contributed by atoms with Crippen molar-refractivity contribution in [2.45, 2.75) is 20.3 Å². The van der Waals surface area contributed by atoms with E-state index in [1.165, 1.54) is 33.4 Å². The fourth-order valence-electron chi connectivity index (χ4n) is 2.69. The fraction of sp³-hybridized carbons (Fsp3) is 0.231. The standard InChI is InChI=1S/C23H22.3CH3F.H2/c1-17-4-8-20(9-5-17)16-21-10-14-23(15-11-21)19(3)22-12-6-18(2)7-13-22;3*1-2;/h4-15H,3,16H2,1-2H3;3*1H3;1H. The van der Waals surface area contributed by atoms with E-state index < -0.39 is 0 Å². The minimum Gasteiger partial charge on any atom is -0.255 e. The lowest BCUT2D eigenvalue weighted by molar-refractivity contribution is 0.635. The van der Waals surface area contributed by atoms with Crippen molar-refractivity contribution >= 4 is 5.57 Å². The topological polar surface area (TPSA) is 0 Å². The Kier molecular flexibility index (Phi) is 13.7. The molecule has 0 amide bonds. The first kappa shape index (κ1) is 26.2. The normalized spacial score (nSPS) is 8.97. The molecular weight excluding hydrogens is 369 g/mol. The third-order valence-electron chi connectivity index (χ3n) is 4.23. The molecule has 0 heterocycles. The number of halogens is 3. The van der Waals surface area contributed by atoms with E-state index in [-0.39, 0.29) is 1.43 Å². The van der Waals surface area contributed by atoms with E-state index in [0.29, 0.717) is 21.5 Å². The molecule has 3 aromatic rings. The molecule has 0 fully saturated rings. The molecule has 3 heteroatoms. The summed E-state index contributed by atoms with van der Waals surface area (Å²) in [6, 6.07) is 26.0. The van der Waals surface area contributed by atoms with Gasteiger partial charge >= 0.3 is 0 Å². The molecule has 0 saturated carbocycles. The van der Waals surface area contributed by atoms with Gasteiger partial charge in [0.1, 0.15) is 0 Å². The molecule has 0 N–H and O–H groups in total. The van der Waals surface area contributed by atoms with Crippen molar-refractivity contribution in [1.82, 2.24) is 0 Å². The third kappa shape index (κ3) is 8.82. The lowest BCUT2D eigenvalue weighted by Crippen LogP contribution is -1.91. The van der Waals surface area contributed by atoms with E-state index in [1.807, 2.05) is 0 Å². The van der Waals surface area contributed by atoms with Crippen molar-refractivity contribution in [3.05, 3.63) is 113 Å². The van der Waals surface area contributed by atoms with Gasteiger partial charge in [-0.15, -0.1) is 0 Å². The van der Waals surface area contributed by atoms with Crippen LogP contribution in [0.15, 0.2) is 79.4 Å². The summed E-state index contributed by atoms with van der Waals surface area (Å²) in [5.41, 5.74) is 8.69. The zero-order valence-corrected chi connectivity index (χ0v) is 18.0. The molecule has 0 aliphatic carbocycles. The average Bonchev–Trinajstić information content (AvgIpc) is 2.80. The summed E-state index contributed by atoms with van der Waals surface area (Å²) in [5, 5.41) is 0. The fourth-order valence-corrected chi connectivity index (χ4v) is 2.69. The van der Waals surface area contributed by atoms with E-state index in [4.69, 9.17) is 0 Å². The van der Waals surface area contributed by atoms with Crippen LogP contribution in [0.3, 0.4) is 0 Å². The Labute approximate surface area is 175 Å². The maximum absolute atomic E-state index is 9.50. The predicted octanol–water partition coefficient (Wildman–Crippen LogP) is 7.96. The minimum absolute atomic E-state index is 0. The Bertz CT molecular complexity index is 808. The van der Waals surface area contributed by atoms with Gasteiger partial charge in [-0.25, -0.2) is 0 Å². The Morgan fingerprint density at radius 3 is 1.24 bits per heavy atom. The molecule has 0 aliphatic heterocycles. The summed E-state index contributed by atoms with van der Waals surface area (Å²) < 4.78 is 28.5. The molecule has 0 nitrogen and oxygen atoms in total. The first-order chi connectivity index (χ1) is 14.1. The zero-order chi connectivity index (χ0) is 22.2. The van der Waals surface area contributed by atoms with Crippen LogP contribution in [0.5, 0.6) is 0 Å². The van der Waals surface area contributed by atoms with E-state index >= 15 is 0 Å². The maximum atomic E-state index is 9.50. The molecule has 3 aromatic carbocycles. The number of hydrogen-bond acceptors (Lipinski definition) is 0. The SMILES string of the molecule is C=C(c1ccc(C)cc1)c1ccc(Cc2ccc(C)cc2)cc1.CF.CF.CF.[HH]. The summed E-state index contributed by atoms with van der Waals surface area (Å²) in [7, 11) is 1.50. The molecule has 0 saturated heterocycles. The number of alkyl halides is 3. The van der Waals surface area contributed by atoms with Gasteiger partial charge in [0.15, 0.2) is 0 Å². The molecule has 0 aromatic heterocycles. The van der Waals surface area contributed by atoms with Crippen molar-refractivity contribution in [3.8, 4) is 0 Å². The van der Waals surface area contributed by atoms with Gasteiger partial charge in [-0.3, -0.25) is 13.2 Å². The molecule has 29 heavy (non-hydrogen) atoms. The smallest absolute Gasteiger partial charge is 0.0785 e. The second kappa shape index (κ2) is 15.2. The van der Waals surface area contributed by atoms with E-state index in [2.05, 4.69) is 93.2 Å². The first-order valence-electron chi connectivity index (χ1n) is 9.16. The summed E-state index contributed by atoms with van der Waals surface area (Å²) >= 11 is 0. The van der Waals surface area contributed by atoms with Crippen LogP contribution < -0.4 is 0 Å². The highest BCUT2D eigenvalue weighted by atomic mass is 19.1. The summed E-state index contributed by atoms with van der Waals surface area (Å²) in [6.07, 6.45) is 0.970. The largest absolute Gasteiger partial charge is 0.255 e. The highest BCUT2D eigenvalue weighted by molar-refractivity contribution is 5.78. The van der Waals surface area contributed by atoms with Crippen LogP contribution in [-0.4, -0.2) is 21.5 Å². The van der Waals surface area contributed by atoms with Gasteiger partial charge in [-0.2, -0.15) is 0 Å². The van der Waals surface area contributed by atoms with Crippen LogP contribution in [0, 0.1) is 13.8 Å². The highest BCUT2D eigenvalue weighted by Crippen LogP contribution is 2.23. The quantitative estimate of drug-likeness (QED) is 0.415. The molecule has 0 aliphatic rings. The number of aryl methyl sites for hydroxylation is 2. The van der Waals surface area contributed by atoms with Crippen LogP contribution in [0.2, 0.25) is 0 Å². The Balaban J connectivity index is 0. The van der Waals surface area contributed by atoms with Crippen molar-refractivity contribution in [2.75, 3.05) is 21.5 Å². The average molecular weight is 403 g/mol.